The third-order valence-electron chi connectivity index (χ3n) is 7.89. The van der Waals surface area contributed by atoms with Gasteiger partial charge in [0.05, 0.1) is 5.92 Å². The van der Waals surface area contributed by atoms with Gasteiger partial charge in [-0.2, -0.15) is 0 Å². The van der Waals surface area contributed by atoms with Gasteiger partial charge in [-0.15, -0.1) is 0 Å². The smallest absolute Gasteiger partial charge is 0.312 e. The molecule has 0 aromatic heterocycles. The molecular weight excluding hydrogens is 526 g/mol. The fourth-order valence-electron chi connectivity index (χ4n) is 5.25. The zero-order chi connectivity index (χ0) is 29.7. The van der Waals surface area contributed by atoms with Gasteiger partial charge in [0.2, 0.25) is 11.7 Å². The molecule has 1 amide bonds. The van der Waals surface area contributed by atoms with Crippen LogP contribution in [-0.4, -0.2) is 30.3 Å². The topological polar surface area (TPSA) is 72.9 Å². The van der Waals surface area contributed by atoms with E-state index >= 15 is 0 Å². The number of carbonyl (C=O) groups is 3. The van der Waals surface area contributed by atoms with E-state index in [0.717, 1.165) is 0 Å². The standard InChI is InChI=1S/C36H35NO5/c1-4-32(34(39)25-11-7-5-8-12-25)42-35(40)26-23-33(38)37(24-26)29-17-21-31(22-18-29)41-30-19-15-28(16-20-30)36(2,3)27-13-9-6-10-14-27/h5-22,26,32H,4,23-24H2,1-3H3/t26-,32+/m0/s1. The van der Waals surface area contributed by atoms with Crippen molar-refractivity contribution in [1.82, 2.24) is 0 Å². The number of benzene rings is 4. The lowest BCUT2D eigenvalue weighted by Gasteiger charge is -2.26. The lowest BCUT2D eigenvalue weighted by Crippen LogP contribution is -2.31. The summed E-state index contributed by atoms with van der Waals surface area (Å²) in [5.74, 6) is -0.208. The number of ether oxygens (including phenoxy) is 2. The van der Waals surface area contributed by atoms with Crippen LogP contribution in [0.1, 0.15) is 55.1 Å². The maximum Gasteiger partial charge on any atom is 0.312 e. The second-order valence-corrected chi connectivity index (χ2v) is 11.1. The predicted octanol–water partition coefficient (Wildman–Crippen LogP) is 7.36. The number of carbonyl (C=O) groups excluding carboxylic acids is 3. The van der Waals surface area contributed by atoms with Crippen LogP contribution in [-0.2, 0) is 19.7 Å². The van der Waals surface area contributed by atoms with E-state index in [1.807, 2.05) is 48.5 Å². The number of esters is 1. The number of hydrogen-bond acceptors (Lipinski definition) is 5. The second-order valence-electron chi connectivity index (χ2n) is 11.1. The molecule has 0 aliphatic carbocycles. The van der Waals surface area contributed by atoms with E-state index in [2.05, 4.69) is 50.2 Å². The van der Waals surface area contributed by atoms with Crippen molar-refractivity contribution < 1.29 is 23.9 Å². The zero-order valence-corrected chi connectivity index (χ0v) is 24.2. The Morgan fingerprint density at radius 1 is 0.810 bits per heavy atom. The minimum absolute atomic E-state index is 0.0404. The molecule has 1 fully saturated rings. The van der Waals surface area contributed by atoms with Crippen molar-refractivity contribution >= 4 is 23.3 Å². The lowest BCUT2D eigenvalue weighted by molar-refractivity contribution is -0.151. The van der Waals surface area contributed by atoms with E-state index in [-0.39, 0.29) is 30.1 Å². The quantitative estimate of drug-likeness (QED) is 0.149. The number of ketones is 1. The van der Waals surface area contributed by atoms with Gasteiger partial charge >= 0.3 is 5.97 Å². The Bertz CT molecular complexity index is 1530. The van der Waals surface area contributed by atoms with Crippen LogP contribution in [0.3, 0.4) is 0 Å². The van der Waals surface area contributed by atoms with Crippen LogP contribution in [0.2, 0.25) is 0 Å². The summed E-state index contributed by atoms with van der Waals surface area (Å²) in [6.45, 7) is 6.40. The van der Waals surface area contributed by atoms with Gasteiger partial charge in [-0.1, -0.05) is 93.6 Å². The molecule has 6 nitrogen and oxygen atoms in total. The number of nitrogens with zero attached hydrogens (tertiary/aromatic N) is 1. The summed E-state index contributed by atoms with van der Waals surface area (Å²) in [4.78, 5) is 40.1. The highest BCUT2D eigenvalue weighted by molar-refractivity contribution is 6.02. The summed E-state index contributed by atoms with van der Waals surface area (Å²) in [5.41, 5.74) is 3.47. The van der Waals surface area contributed by atoms with Gasteiger partial charge in [-0.25, -0.2) is 0 Å². The Morgan fingerprint density at radius 2 is 1.36 bits per heavy atom. The Balaban J connectivity index is 1.19. The maximum atomic E-state index is 12.9. The van der Waals surface area contributed by atoms with Crippen molar-refractivity contribution in [3.8, 4) is 11.5 Å². The van der Waals surface area contributed by atoms with Crippen LogP contribution < -0.4 is 9.64 Å². The van der Waals surface area contributed by atoms with Crippen molar-refractivity contribution in [2.75, 3.05) is 11.4 Å². The molecule has 0 N–H and O–H groups in total. The SMILES string of the molecule is CC[C@@H](OC(=O)[C@H]1CC(=O)N(c2ccc(Oc3ccc(C(C)(C)c4ccccc4)cc3)cc2)C1)C(=O)c1ccccc1. The maximum absolute atomic E-state index is 12.9. The van der Waals surface area contributed by atoms with Crippen LogP contribution >= 0.6 is 0 Å². The summed E-state index contributed by atoms with van der Waals surface area (Å²) in [6, 6.07) is 34.5. The van der Waals surface area contributed by atoms with Crippen LogP contribution in [0.5, 0.6) is 11.5 Å². The lowest BCUT2D eigenvalue weighted by atomic mass is 9.78. The Labute approximate surface area is 246 Å². The highest BCUT2D eigenvalue weighted by atomic mass is 16.5. The molecular formula is C36H35NO5. The average Bonchev–Trinajstić information content (AvgIpc) is 3.42. The van der Waals surface area contributed by atoms with Crippen molar-refractivity contribution in [3.63, 3.8) is 0 Å². The second kappa shape index (κ2) is 12.4. The first kappa shape index (κ1) is 28.8. The minimum atomic E-state index is -0.876. The van der Waals surface area contributed by atoms with Crippen LogP contribution in [0.4, 0.5) is 5.69 Å². The Kier molecular flexibility index (Phi) is 8.53. The molecule has 1 aliphatic heterocycles. The number of rotatable bonds is 10. The monoisotopic (exact) mass is 561 g/mol. The molecule has 6 heteroatoms. The summed E-state index contributed by atoms with van der Waals surface area (Å²) in [7, 11) is 0. The number of hydrogen-bond donors (Lipinski definition) is 0. The molecule has 2 atom stereocenters. The molecule has 214 valence electrons. The van der Waals surface area contributed by atoms with E-state index in [9.17, 15) is 14.4 Å². The highest BCUT2D eigenvalue weighted by Gasteiger charge is 2.38. The Morgan fingerprint density at radius 3 is 1.95 bits per heavy atom. The third-order valence-corrected chi connectivity index (χ3v) is 7.89. The summed E-state index contributed by atoms with van der Waals surface area (Å²) in [5, 5.41) is 0. The molecule has 1 aliphatic rings. The van der Waals surface area contributed by atoms with E-state index in [0.29, 0.717) is 29.2 Å². The van der Waals surface area contributed by atoms with Gasteiger partial charge in [0.15, 0.2) is 6.10 Å². The van der Waals surface area contributed by atoms with Crippen molar-refractivity contribution in [2.24, 2.45) is 5.92 Å². The largest absolute Gasteiger partial charge is 0.457 e. The predicted molar refractivity (Wildman–Crippen MR) is 163 cm³/mol. The Hall–Kier alpha value is -4.71. The molecule has 0 bridgehead atoms. The summed E-state index contributed by atoms with van der Waals surface area (Å²) in [6.07, 6.45) is -0.476. The van der Waals surface area contributed by atoms with Gasteiger partial charge in [-0.3, -0.25) is 14.4 Å². The molecule has 42 heavy (non-hydrogen) atoms. The fourth-order valence-corrected chi connectivity index (χ4v) is 5.25. The molecule has 4 aromatic carbocycles. The van der Waals surface area contributed by atoms with E-state index in [1.165, 1.54) is 11.1 Å². The number of Topliss-reactive ketones (excluding diaryl/α,β-unsaturated/α-hetero) is 1. The molecule has 0 unspecified atom stereocenters. The fraction of sp³-hybridized carbons (Fsp3) is 0.250. The number of amides is 1. The van der Waals surface area contributed by atoms with Crippen LogP contribution in [0, 0.1) is 5.92 Å². The number of anilines is 1. The molecule has 1 saturated heterocycles. The molecule has 5 rings (SSSR count). The highest BCUT2D eigenvalue weighted by Crippen LogP contribution is 2.34. The van der Waals surface area contributed by atoms with E-state index in [1.54, 1.807) is 36.1 Å². The first-order chi connectivity index (χ1) is 20.3. The van der Waals surface area contributed by atoms with E-state index < -0.39 is 18.0 Å². The summed E-state index contributed by atoms with van der Waals surface area (Å²) < 4.78 is 11.6. The first-order valence-electron chi connectivity index (χ1n) is 14.3. The molecule has 0 spiro atoms. The van der Waals surface area contributed by atoms with Crippen molar-refractivity contribution in [3.05, 3.63) is 126 Å². The molecule has 0 radical (unpaired) electrons. The van der Waals surface area contributed by atoms with Crippen molar-refractivity contribution in [1.29, 1.82) is 0 Å². The van der Waals surface area contributed by atoms with Gasteiger partial charge in [-0.05, 0) is 53.9 Å². The third kappa shape index (κ3) is 6.28. The molecule has 4 aromatic rings. The van der Waals surface area contributed by atoms with Crippen LogP contribution in [0.25, 0.3) is 0 Å². The average molecular weight is 562 g/mol. The van der Waals surface area contributed by atoms with Gasteiger partial charge in [0.1, 0.15) is 11.5 Å². The van der Waals surface area contributed by atoms with Crippen molar-refractivity contribution in [2.45, 2.75) is 45.1 Å². The minimum Gasteiger partial charge on any atom is -0.457 e. The normalized spacial score (nSPS) is 15.7. The van der Waals surface area contributed by atoms with Crippen LogP contribution in [0.15, 0.2) is 109 Å². The zero-order valence-electron chi connectivity index (χ0n) is 24.2. The van der Waals surface area contributed by atoms with Gasteiger partial charge < -0.3 is 14.4 Å². The summed E-state index contributed by atoms with van der Waals surface area (Å²) >= 11 is 0. The first-order valence-corrected chi connectivity index (χ1v) is 14.3. The van der Waals surface area contributed by atoms with Gasteiger partial charge in [0, 0.05) is 29.6 Å². The molecule has 1 heterocycles. The van der Waals surface area contributed by atoms with E-state index in [4.69, 9.17) is 9.47 Å². The molecule has 0 saturated carbocycles. The van der Waals surface area contributed by atoms with Gasteiger partial charge in [0.25, 0.3) is 0 Å².